The highest BCUT2D eigenvalue weighted by atomic mass is 32.2. The summed E-state index contributed by atoms with van der Waals surface area (Å²) in [5.41, 5.74) is 6.26. The third-order valence-corrected chi connectivity index (χ3v) is 2.38. The van der Waals surface area contributed by atoms with Crippen molar-refractivity contribution in [3.05, 3.63) is 18.5 Å². The summed E-state index contributed by atoms with van der Waals surface area (Å²) in [6, 6.07) is 3.94. The number of pyridine rings is 1. The van der Waals surface area contributed by atoms with Gasteiger partial charge in [-0.1, -0.05) is 0 Å². The number of nitriles is 1. The van der Waals surface area contributed by atoms with Crippen molar-refractivity contribution < 1.29 is 0 Å². The zero-order valence-corrected chi connectivity index (χ0v) is 7.51. The van der Waals surface area contributed by atoms with Gasteiger partial charge < -0.3 is 5.73 Å². The monoisotopic (exact) mass is 179 g/mol. The zero-order valence-electron chi connectivity index (χ0n) is 6.69. The van der Waals surface area contributed by atoms with Gasteiger partial charge in [0.1, 0.15) is 0 Å². The van der Waals surface area contributed by atoms with Crippen LogP contribution in [-0.2, 0) is 0 Å². The van der Waals surface area contributed by atoms with Gasteiger partial charge in [-0.05, 0) is 13.0 Å². The molecule has 0 spiro atoms. The molecule has 1 rings (SSSR count). The second-order valence-corrected chi connectivity index (χ2v) is 3.69. The lowest BCUT2D eigenvalue weighted by Crippen LogP contribution is -1.94. The number of hydrogen-bond acceptors (Lipinski definition) is 4. The van der Waals surface area contributed by atoms with Crippen molar-refractivity contribution in [2.45, 2.75) is 17.1 Å². The van der Waals surface area contributed by atoms with E-state index in [0.717, 1.165) is 4.90 Å². The third-order valence-electron chi connectivity index (χ3n) is 1.30. The normalized spacial score (nSPS) is 12.0. The van der Waals surface area contributed by atoms with Gasteiger partial charge in [-0.2, -0.15) is 5.26 Å². The van der Waals surface area contributed by atoms with E-state index in [1.807, 2.05) is 13.0 Å². The van der Waals surface area contributed by atoms with Crippen molar-refractivity contribution in [1.82, 2.24) is 4.98 Å². The molecule has 0 aliphatic heterocycles. The smallest absolute Gasteiger partial charge is 0.0936 e. The highest BCUT2D eigenvalue weighted by Crippen LogP contribution is 2.26. The van der Waals surface area contributed by atoms with Gasteiger partial charge in [-0.3, -0.25) is 4.98 Å². The molecule has 1 atom stereocenters. The van der Waals surface area contributed by atoms with Crippen LogP contribution >= 0.6 is 11.8 Å². The van der Waals surface area contributed by atoms with Gasteiger partial charge in [0.15, 0.2) is 0 Å². The van der Waals surface area contributed by atoms with Crippen LogP contribution in [0.5, 0.6) is 0 Å². The van der Waals surface area contributed by atoms with Crippen molar-refractivity contribution in [2.75, 3.05) is 5.73 Å². The van der Waals surface area contributed by atoms with Crippen molar-refractivity contribution in [3.8, 4) is 6.07 Å². The first kappa shape index (κ1) is 8.88. The fourth-order valence-corrected chi connectivity index (χ4v) is 1.48. The fourth-order valence-electron chi connectivity index (χ4n) is 0.718. The molecule has 2 N–H and O–H groups in total. The Morgan fingerprint density at radius 3 is 3.08 bits per heavy atom. The molecule has 0 aromatic carbocycles. The second-order valence-electron chi connectivity index (χ2n) is 2.30. The van der Waals surface area contributed by atoms with E-state index in [0.29, 0.717) is 5.69 Å². The Morgan fingerprint density at radius 1 is 1.75 bits per heavy atom. The summed E-state index contributed by atoms with van der Waals surface area (Å²) in [4.78, 5) is 4.77. The topological polar surface area (TPSA) is 62.7 Å². The van der Waals surface area contributed by atoms with Crippen LogP contribution in [0, 0.1) is 11.3 Å². The third kappa shape index (κ3) is 2.14. The van der Waals surface area contributed by atoms with E-state index < -0.39 is 0 Å². The lowest BCUT2D eigenvalue weighted by molar-refractivity contribution is 1.22. The van der Waals surface area contributed by atoms with Crippen LogP contribution in [0.15, 0.2) is 23.4 Å². The van der Waals surface area contributed by atoms with Gasteiger partial charge in [-0.25, -0.2) is 0 Å². The van der Waals surface area contributed by atoms with Gasteiger partial charge in [0.25, 0.3) is 0 Å². The molecule has 12 heavy (non-hydrogen) atoms. The molecule has 1 heterocycles. The number of hydrogen-bond donors (Lipinski definition) is 1. The molecule has 3 nitrogen and oxygen atoms in total. The summed E-state index contributed by atoms with van der Waals surface area (Å²) >= 11 is 1.44. The molecule has 0 saturated carbocycles. The summed E-state index contributed by atoms with van der Waals surface area (Å²) in [5.74, 6) is 0. The SMILES string of the molecule is CC(C#N)Sc1ccncc1N. The Morgan fingerprint density at radius 2 is 2.50 bits per heavy atom. The van der Waals surface area contributed by atoms with E-state index in [-0.39, 0.29) is 5.25 Å². The molecule has 0 amide bonds. The number of anilines is 1. The number of aromatic nitrogens is 1. The number of nitrogens with two attached hydrogens (primary N) is 1. The molecule has 4 heteroatoms. The van der Waals surface area contributed by atoms with Crippen LogP contribution in [0.3, 0.4) is 0 Å². The Labute approximate surface area is 75.6 Å². The lowest BCUT2D eigenvalue weighted by Gasteiger charge is -2.04. The molecule has 1 unspecified atom stereocenters. The molecule has 0 aliphatic rings. The van der Waals surface area contributed by atoms with Crippen molar-refractivity contribution in [1.29, 1.82) is 5.26 Å². The summed E-state index contributed by atoms with van der Waals surface area (Å²) in [6.45, 7) is 1.84. The van der Waals surface area contributed by atoms with Crippen LogP contribution in [0.1, 0.15) is 6.92 Å². The first-order valence-corrected chi connectivity index (χ1v) is 4.37. The molecule has 0 aliphatic carbocycles. The van der Waals surface area contributed by atoms with Gasteiger partial charge in [0.05, 0.1) is 23.2 Å². The number of thioether (sulfide) groups is 1. The molecule has 0 saturated heterocycles. The zero-order chi connectivity index (χ0) is 8.97. The lowest BCUT2D eigenvalue weighted by atomic mass is 10.4. The minimum absolute atomic E-state index is 0.0744. The maximum Gasteiger partial charge on any atom is 0.0936 e. The molecule has 0 fully saturated rings. The van der Waals surface area contributed by atoms with E-state index in [9.17, 15) is 0 Å². The molecule has 0 radical (unpaired) electrons. The largest absolute Gasteiger partial charge is 0.397 e. The Bertz CT molecular complexity index is 305. The molecule has 1 aromatic rings. The summed E-state index contributed by atoms with van der Waals surface area (Å²) < 4.78 is 0. The minimum Gasteiger partial charge on any atom is -0.397 e. The first-order valence-electron chi connectivity index (χ1n) is 3.50. The number of nitrogen functional groups attached to an aromatic ring is 1. The predicted octanol–water partition coefficient (Wildman–Crippen LogP) is 1.67. The van der Waals surface area contributed by atoms with Gasteiger partial charge in [-0.15, -0.1) is 11.8 Å². The van der Waals surface area contributed by atoms with Gasteiger partial charge in [0.2, 0.25) is 0 Å². The maximum atomic E-state index is 8.56. The van der Waals surface area contributed by atoms with Crippen LogP contribution in [-0.4, -0.2) is 10.2 Å². The van der Waals surface area contributed by atoms with Crippen LogP contribution < -0.4 is 5.73 Å². The highest BCUT2D eigenvalue weighted by Gasteiger charge is 2.04. The second kappa shape index (κ2) is 3.98. The Kier molecular flexibility index (Phi) is 2.94. The fraction of sp³-hybridized carbons (Fsp3) is 0.250. The molecule has 62 valence electrons. The summed E-state index contributed by atoms with van der Waals surface area (Å²) in [7, 11) is 0. The first-order chi connectivity index (χ1) is 5.74. The summed E-state index contributed by atoms with van der Waals surface area (Å²) in [5, 5.41) is 8.49. The molecule has 1 aromatic heterocycles. The van der Waals surface area contributed by atoms with E-state index >= 15 is 0 Å². The van der Waals surface area contributed by atoms with Crippen LogP contribution in [0.2, 0.25) is 0 Å². The van der Waals surface area contributed by atoms with Crippen molar-refractivity contribution in [2.24, 2.45) is 0 Å². The van der Waals surface area contributed by atoms with Gasteiger partial charge in [0, 0.05) is 11.1 Å². The van der Waals surface area contributed by atoms with E-state index in [1.54, 1.807) is 12.4 Å². The van der Waals surface area contributed by atoms with E-state index in [4.69, 9.17) is 11.0 Å². The predicted molar refractivity (Wildman–Crippen MR) is 49.6 cm³/mol. The highest BCUT2D eigenvalue weighted by molar-refractivity contribution is 8.00. The number of rotatable bonds is 2. The average Bonchev–Trinajstić information content (AvgIpc) is 2.09. The maximum absolute atomic E-state index is 8.56. The quantitative estimate of drug-likeness (QED) is 0.701. The summed E-state index contributed by atoms with van der Waals surface area (Å²) in [6.07, 6.45) is 3.26. The average molecular weight is 179 g/mol. The Hall–Kier alpha value is -1.21. The van der Waals surface area contributed by atoms with E-state index in [2.05, 4.69) is 11.1 Å². The van der Waals surface area contributed by atoms with Crippen molar-refractivity contribution >= 4 is 17.4 Å². The Balaban J connectivity index is 2.77. The van der Waals surface area contributed by atoms with E-state index in [1.165, 1.54) is 11.8 Å². The standard InChI is InChI=1S/C8H9N3S/c1-6(4-9)12-8-2-3-11-5-7(8)10/h2-3,5-6H,10H2,1H3. The molecular formula is C8H9N3S. The van der Waals surface area contributed by atoms with Crippen LogP contribution in [0.4, 0.5) is 5.69 Å². The number of nitrogens with zero attached hydrogens (tertiary/aromatic N) is 2. The van der Waals surface area contributed by atoms with Gasteiger partial charge >= 0.3 is 0 Å². The van der Waals surface area contributed by atoms with Crippen LogP contribution in [0.25, 0.3) is 0 Å². The van der Waals surface area contributed by atoms with Crippen molar-refractivity contribution in [3.63, 3.8) is 0 Å². The minimum atomic E-state index is -0.0744. The molecule has 0 bridgehead atoms. The molecular weight excluding hydrogens is 170 g/mol.